The molecular formula is C9H14N2O. The molecular weight excluding hydrogens is 152 g/mol. The molecule has 1 aromatic rings. The molecule has 1 N–H and O–H groups in total. The number of hydrogen-bond acceptors (Lipinski definition) is 2. The average molecular weight is 166 g/mol. The second-order valence-corrected chi connectivity index (χ2v) is 3.00. The van der Waals surface area contributed by atoms with Gasteiger partial charge in [0.25, 0.3) is 0 Å². The Bertz CT molecular complexity index is 289. The average Bonchev–Trinajstić information content (AvgIpc) is 2.34. The van der Waals surface area contributed by atoms with Crippen LogP contribution in [-0.4, -0.2) is 16.0 Å². The second-order valence-electron chi connectivity index (χ2n) is 3.00. The molecule has 1 rings (SSSR count). The standard InChI is InChI=1S/C9H14N2O/c1-4-5-8(12)9-6(2)7(3)10-11-9/h4-5H2,1-3H3,(H,10,11). The van der Waals surface area contributed by atoms with Crippen LogP contribution in [-0.2, 0) is 0 Å². The molecule has 0 unspecified atom stereocenters. The summed E-state index contributed by atoms with van der Waals surface area (Å²) < 4.78 is 0. The van der Waals surface area contributed by atoms with Gasteiger partial charge in [0.1, 0.15) is 5.69 Å². The Morgan fingerprint density at radius 3 is 2.58 bits per heavy atom. The van der Waals surface area contributed by atoms with Crippen LogP contribution in [0.4, 0.5) is 0 Å². The van der Waals surface area contributed by atoms with Crippen molar-refractivity contribution >= 4 is 5.78 Å². The summed E-state index contributed by atoms with van der Waals surface area (Å²) in [7, 11) is 0. The highest BCUT2D eigenvalue weighted by atomic mass is 16.1. The van der Waals surface area contributed by atoms with Gasteiger partial charge in [-0.3, -0.25) is 9.89 Å². The van der Waals surface area contributed by atoms with Gasteiger partial charge in [0.15, 0.2) is 5.78 Å². The SMILES string of the molecule is CCCC(=O)c1n[nH]c(C)c1C. The molecule has 0 saturated heterocycles. The maximum absolute atomic E-state index is 11.4. The van der Waals surface area contributed by atoms with Crippen LogP contribution in [0.15, 0.2) is 0 Å². The zero-order valence-electron chi connectivity index (χ0n) is 7.77. The molecule has 0 bridgehead atoms. The van der Waals surface area contributed by atoms with E-state index in [1.807, 2.05) is 20.8 Å². The van der Waals surface area contributed by atoms with Crippen molar-refractivity contribution in [3.8, 4) is 0 Å². The minimum Gasteiger partial charge on any atom is -0.292 e. The summed E-state index contributed by atoms with van der Waals surface area (Å²) in [5.74, 6) is 0.138. The number of hydrogen-bond donors (Lipinski definition) is 1. The molecule has 0 aliphatic carbocycles. The number of ketones is 1. The van der Waals surface area contributed by atoms with Crippen molar-refractivity contribution in [3.63, 3.8) is 0 Å². The number of nitrogens with zero attached hydrogens (tertiary/aromatic N) is 1. The molecule has 0 radical (unpaired) electrons. The number of aromatic amines is 1. The summed E-state index contributed by atoms with van der Waals surface area (Å²) in [5.41, 5.74) is 2.57. The number of Topliss-reactive ketones (excluding diaryl/α,β-unsaturated/α-hetero) is 1. The fourth-order valence-electron chi connectivity index (χ4n) is 1.10. The molecule has 0 aliphatic heterocycles. The summed E-state index contributed by atoms with van der Waals surface area (Å²) >= 11 is 0. The maximum atomic E-state index is 11.4. The van der Waals surface area contributed by atoms with Crippen molar-refractivity contribution in [2.45, 2.75) is 33.6 Å². The van der Waals surface area contributed by atoms with Gasteiger partial charge in [0, 0.05) is 17.7 Å². The number of aryl methyl sites for hydroxylation is 1. The number of aromatic nitrogens is 2. The van der Waals surface area contributed by atoms with Gasteiger partial charge in [-0.15, -0.1) is 0 Å². The Labute approximate surface area is 72.2 Å². The summed E-state index contributed by atoms with van der Waals surface area (Å²) in [4.78, 5) is 11.4. The molecule has 1 heterocycles. The Kier molecular flexibility index (Phi) is 2.63. The Morgan fingerprint density at radius 1 is 1.50 bits per heavy atom. The predicted molar refractivity (Wildman–Crippen MR) is 47.3 cm³/mol. The van der Waals surface area contributed by atoms with Gasteiger partial charge in [0.2, 0.25) is 0 Å². The summed E-state index contributed by atoms with van der Waals surface area (Å²) in [6.07, 6.45) is 1.47. The van der Waals surface area contributed by atoms with E-state index < -0.39 is 0 Å². The van der Waals surface area contributed by atoms with Crippen LogP contribution in [0, 0.1) is 13.8 Å². The molecule has 0 amide bonds. The molecule has 12 heavy (non-hydrogen) atoms. The molecule has 0 fully saturated rings. The summed E-state index contributed by atoms with van der Waals surface area (Å²) in [6, 6.07) is 0. The lowest BCUT2D eigenvalue weighted by atomic mass is 10.1. The number of carbonyl (C=O) groups excluding carboxylic acids is 1. The van der Waals surface area contributed by atoms with Crippen molar-refractivity contribution in [2.75, 3.05) is 0 Å². The van der Waals surface area contributed by atoms with Gasteiger partial charge < -0.3 is 0 Å². The van der Waals surface area contributed by atoms with E-state index >= 15 is 0 Å². The smallest absolute Gasteiger partial charge is 0.183 e. The molecule has 0 atom stereocenters. The zero-order valence-corrected chi connectivity index (χ0v) is 7.77. The van der Waals surface area contributed by atoms with Crippen molar-refractivity contribution in [1.82, 2.24) is 10.2 Å². The minimum absolute atomic E-state index is 0.138. The summed E-state index contributed by atoms with van der Waals surface area (Å²) in [6.45, 7) is 5.83. The molecule has 0 aliphatic rings. The normalized spacial score (nSPS) is 10.2. The highest BCUT2D eigenvalue weighted by Gasteiger charge is 2.12. The fraction of sp³-hybridized carbons (Fsp3) is 0.556. The van der Waals surface area contributed by atoms with Gasteiger partial charge in [-0.25, -0.2) is 0 Å². The molecule has 1 aromatic heterocycles. The van der Waals surface area contributed by atoms with Crippen LogP contribution in [0.25, 0.3) is 0 Å². The van der Waals surface area contributed by atoms with Crippen LogP contribution in [0.2, 0.25) is 0 Å². The van der Waals surface area contributed by atoms with Crippen LogP contribution in [0.3, 0.4) is 0 Å². The van der Waals surface area contributed by atoms with Crippen LogP contribution < -0.4 is 0 Å². The minimum atomic E-state index is 0.138. The predicted octanol–water partition coefficient (Wildman–Crippen LogP) is 2.01. The quantitative estimate of drug-likeness (QED) is 0.698. The van der Waals surface area contributed by atoms with Gasteiger partial charge in [0.05, 0.1) is 0 Å². The molecule has 0 saturated carbocycles. The summed E-state index contributed by atoms with van der Waals surface area (Å²) in [5, 5.41) is 6.76. The van der Waals surface area contributed by atoms with E-state index in [1.54, 1.807) is 0 Å². The van der Waals surface area contributed by atoms with E-state index in [1.165, 1.54) is 0 Å². The molecule has 3 heteroatoms. The van der Waals surface area contributed by atoms with Gasteiger partial charge in [-0.1, -0.05) is 6.92 Å². The van der Waals surface area contributed by atoms with E-state index in [4.69, 9.17) is 0 Å². The first kappa shape index (κ1) is 8.97. The Balaban J connectivity index is 2.88. The van der Waals surface area contributed by atoms with E-state index in [9.17, 15) is 4.79 Å². The van der Waals surface area contributed by atoms with Gasteiger partial charge in [-0.05, 0) is 20.3 Å². The first-order valence-electron chi connectivity index (χ1n) is 4.21. The zero-order chi connectivity index (χ0) is 9.14. The third-order valence-corrected chi connectivity index (χ3v) is 1.99. The first-order valence-corrected chi connectivity index (χ1v) is 4.21. The lowest BCUT2D eigenvalue weighted by molar-refractivity contribution is 0.0976. The third-order valence-electron chi connectivity index (χ3n) is 1.99. The number of nitrogens with one attached hydrogen (secondary N) is 1. The highest BCUT2D eigenvalue weighted by molar-refractivity contribution is 5.95. The monoisotopic (exact) mass is 166 g/mol. The lowest BCUT2D eigenvalue weighted by Gasteiger charge is -1.94. The number of carbonyl (C=O) groups is 1. The molecule has 3 nitrogen and oxygen atoms in total. The van der Waals surface area contributed by atoms with Crippen LogP contribution in [0.1, 0.15) is 41.5 Å². The van der Waals surface area contributed by atoms with Crippen molar-refractivity contribution < 1.29 is 4.79 Å². The lowest BCUT2D eigenvalue weighted by Crippen LogP contribution is -2.00. The largest absolute Gasteiger partial charge is 0.292 e. The van der Waals surface area contributed by atoms with Gasteiger partial charge in [-0.2, -0.15) is 5.10 Å². The number of H-pyrrole nitrogens is 1. The molecule has 0 aromatic carbocycles. The second kappa shape index (κ2) is 3.52. The van der Waals surface area contributed by atoms with E-state index in [0.29, 0.717) is 12.1 Å². The molecule has 66 valence electrons. The Hall–Kier alpha value is -1.12. The van der Waals surface area contributed by atoms with E-state index in [-0.39, 0.29) is 5.78 Å². The van der Waals surface area contributed by atoms with E-state index in [0.717, 1.165) is 17.7 Å². The van der Waals surface area contributed by atoms with Crippen molar-refractivity contribution in [1.29, 1.82) is 0 Å². The maximum Gasteiger partial charge on any atom is 0.183 e. The van der Waals surface area contributed by atoms with Crippen LogP contribution >= 0.6 is 0 Å². The van der Waals surface area contributed by atoms with Crippen molar-refractivity contribution in [2.24, 2.45) is 0 Å². The first-order chi connectivity index (χ1) is 5.66. The number of rotatable bonds is 3. The molecule has 0 spiro atoms. The highest BCUT2D eigenvalue weighted by Crippen LogP contribution is 2.11. The van der Waals surface area contributed by atoms with Crippen molar-refractivity contribution in [3.05, 3.63) is 17.0 Å². The topological polar surface area (TPSA) is 45.8 Å². The third kappa shape index (κ3) is 1.55. The fourth-order valence-corrected chi connectivity index (χ4v) is 1.10. The van der Waals surface area contributed by atoms with Gasteiger partial charge >= 0.3 is 0 Å². The van der Waals surface area contributed by atoms with E-state index in [2.05, 4.69) is 10.2 Å². The van der Waals surface area contributed by atoms with Crippen LogP contribution in [0.5, 0.6) is 0 Å². The Morgan fingerprint density at radius 2 is 2.17 bits per heavy atom.